The van der Waals surface area contributed by atoms with E-state index in [0.717, 1.165) is 18.7 Å². The molecule has 0 unspecified atom stereocenters. The molecule has 1 N–H and O–H groups in total. The van der Waals surface area contributed by atoms with Crippen LogP contribution in [0, 0.1) is 13.8 Å². The lowest BCUT2D eigenvalue weighted by Gasteiger charge is -2.07. The van der Waals surface area contributed by atoms with Gasteiger partial charge in [0.1, 0.15) is 0 Å². The monoisotopic (exact) mass is 262 g/mol. The molecule has 0 spiro atoms. The Balaban J connectivity index is 1.92. The molecule has 0 radical (unpaired) electrons. The van der Waals surface area contributed by atoms with Crippen LogP contribution in [-0.2, 0) is 13.1 Å². The first-order chi connectivity index (χ1) is 8.70. The first-order valence-electron chi connectivity index (χ1n) is 5.95. The van der Waals surface area contributed by atoms with Crippen LogP contribution in [-0.4, -0.2) is 12.1 Å². The van der Waals surface area contributed by atoms with E-state index in [1.807, 2.05) is 23.5 Å². The van der Waals surface area contributed by atoms with E-state index in [1.54, 1.807) is 13.3 Å². The number of hydrogen-bond acceptors (Lipinski definition) is 4. The van der Waals surface area contributed by atoms with Gasteiger partial charge in [0, 0.05) is 34.6 Å². The summed E-state index contributed by atoms with van der Waals surface area (Å²) in [6.07, 6.45) is 1.74. The van der Waals surface area contributed by atoms with Crippen molar-refractivity contribution in [2.24, 2.45) is 0 Å². The summed E-state index contributed by atoms with van der Waals surface area (Å²) >= 11 is 1.85. The van der Waals surface area contributed by atoms with E-state index in [0.29, 0.717) is 5.88 Å². The Labute approximate surface area is 112 Å². The molecule has 0 saturated carbocycles. The van der Waals surface area contributed by atoms with E-state index in [4.69, 9.17) is 4.74 Å². The lowest BCUT2D eigenvalue weighted by molar-refractivity contribution is 0.390. The molecule has 0 aromatic carbocycles. The van der Waals surface area contributed by atoms with Crippen LogP contribution in [0.15, 0.2) is 24.4 Å². The van der Waals surface area contributed by atoms with Crippen molar-refractivity contribution >= 4 is 11.3 Å². The molecule has 0 atom stereocenters. The van der Waals surface area contributed by atoms with Crippen molar-refractivity contribution in [3.63, 3.8) is 0 Å². The highest BCUT2D eigenvalue weighted by Crippen LogP contribution is 2.20. The van der Waals surface area contributed by atoms with Gasteiger partial charge >= 0.3 is 0 Å². The number of ether oxygens (including phenoxy) is 1. The van der Waals surface area contributed by atoms with Crippen LogP contribution in [0.25, 0.3) is 0 Å². The molecule has 2 aromatic rings. The summed E-state index contributed by atoms with van der Waals surface area (Å²) in [5, 5.41) is 3.42. The van der Waals surface area contributed by atoms with E-state index >= 15 is 0 Å². The van der Waals surface area contributed by atoms with Gasteiger partial charge in [0.25, 0.3) is 0 Å². The largest absolute Gasteiger partial charge is 0.481 e. The first-order valence-corrected chi connectivity index (χ1v) is 6.77. The number of thiophene rings is 1. The number of aryl methyl sites for hydroxylation is 2. The van der Waals surface area contributed by atoms with Crippen LogP contribution in [0.3, 0.4) is 0 Å². The molecule has 2 rings (SSSR count). The predicted octanol–water partition coefficient (Wildman–Crippen LogP) is 3.06. The van der Waals surface area contributed by atoms with Gasteiger partial charge in [-0.05, 0) is 31.5 Å². The van der Waals surface area contributed by atoms with Gasteiger partial charge < -0.3 is 10.1 Å². The zero-order valence-electron chi connectivity index (χ0n) is 11.0. The second-order valence-electron chi connectivity index (χ2n) is 4.23. The Bertz CT molecular complexity index is 503. The fourth-order valence-corrected chi connectivity index (χ4v) is 2.82. The molecule has 0 aliphatic heterocycles. The third-order valence-electron chi connectivity index (χ3n) is 2.88. The van der Waals surface area contributed by atoms with E-state index in [2.05, 4.69) is 30.2 Å². The van der Waals surface area contributed by atoms with Crippen LogP contribution < -0.4 is 10.1 Å². The van der Waals surface area contributed by atoms with Gasteiger partial charge in [0.2, 0.25) is 5.88 Å². The molecule has 0 saturated heterocycles. The smallest absolute Gasteiger partial charge is 0.217 e. The van der Waals surface area contributed by atoms with Crippen molar-refractivity contribution in [3.8, 4) is 5.88 Å². The Morgan fingerprint density at radius 3 is 2.83 bits per heavy atom. The first kappa shape index (κ1) is 13.1. The minimum absolute atomic E-state index is 0.698. The van der Waals surface area contributed by atoms with Crippen LogP contribution in [0.2, 0.25) is 0 Å². The molecule has 0 bridgehead atoms. The van der Waals surface area contributed by atoms with Crippen LogP contribution in [0.1, 0.15) is 20.9 Å². The number of methoxy groups -OCH3 is 1. The molecule has 0 fully saturated rings. The van der Waals surface area contributed by atoms with E-state index in [1.165, 1.54) is 15.3 Å². The number of rotatable bonds is 5. The molecule has 96 valence electrons. The predicted molar refractivity (Wildman–Crippen MR) is 75.1 cm³/mol. The summed E-state index contributed by atoms with van der Waals surface area (Å²) in [4.78, 5) is 6.94. The Kier molecular flexibility index (Phi) is 4.33. The second kappa shape index (κ2) is 5.98. The van der Waals surface area contributed by atoms with Crippen molar-refractivity contribution in [2.45, 2.75) is 26.9 Å². The highest BCUT2D eigenvalue weighted by atomic mass is 32.1. The normalized spacial score (nSPS) is 10.6. The molecular weight excluding hydrogens is 244 g/mol. The van der Waals surface area contributed by atoms with Crippen molar-refractivity contribution in [3.05, 3.63) is 45.3 Å². The standard InChI is InChI=1S/C14H18N2OS/c1-10-7-13(18-11(10)2)9-15-8-12-5-4-6-16-14(12)17-3/h4-7,15H,8-9H2,1-3H3. The maximum atomic E-state index is 5.22. The van der Waals surface area contributed by atoms with Gasteiger partial charge in [-0.15, -0.1) is 11.3 Å². The molecule has 0 aliphatic carbocycles. The van der Waals surface area contributed by atoms with Crippen LogP contribution in [0.4, 0.5) is 0 Å². The molecule has 3 nitrogen and oxygen atoms in total. The summed E-state index contributed by atoms with van der Waals surface area (Å²) < 4.78 is 5.22. The SMILES string of the molecule is COc1ncccc1CNCc1cc(C)c(C)s1. The third kappa shape index (κ3) is 3.09. The zero-order valence-corrected chi connectivity index (χ0v) is 11.8. The average Bonchev–Trinajstić information content (AvgIpc) is 2.69. The summed E-state index contributed by atoms with van der Waals surface area (Å²) in [6.45, 7) is 5.97. The van der Waals surface area contributed by atoms with Gasteiger partial charge in [-0.2, -0.15) is 0 Å². The van der Waals surface area contributed by atoms with Crippen LogP contribution >= 0.6 is 11.3 Å². The van der Waals surface area contributed by atoms with Crippen LogP contribution in [0.5, 0.6) is 5.88 Å². The van der Waals surface area contributed by atoms with Gasteiger partial charge in [-0.25, -0.2) is 4.98 Å². The summed E-state index contributed by atoms with van der Waals surface area (Å²) in [5.74, 6) is 0.698. The number of hydrogen-bond donors (Lipinski definition) is 1. The molecule has 18 heavy (non-hydrogen) atoms. The Hall–Kier alpha value is -1.39. The number of nitrogens with one attached hydrogen (secondary N) is 1. The Morgan fingerprint density at radius 1 is 1.33 bits per heavy atom. The summed E-state index contributed by atoms with van der Waals surface area (Å²) in [6, 6.07) is 6.20. The van der Waals surface area contributed by atoms with E-state index < -0.39 is 0 Å². The van der Waals surface area contributed by atoms with Gasteiger partial charge in [-0.1, -0.05) is 6.07 Å². The number of aromatic nitrogens is 1. The second-order valence-corrected chi connectivity index (χ2v) is 5.57. The average molecular weight is 262 g/mol. The van der Waals surface area contributed by atoms with Crippen molar-refractivity contribution in [1.82, 2.24) is 10.3 Å². The van der Waals surface area contributed by atoms with Crippen molar-refractivity contribution in [1.29, 1.82) is 0 Å². The quantitative estimate of drug-likeness (QED) is 0.899. The highest BCUT2D eigenvalue weighted by Gasteiger charge is 2.04. The maximum Gasteiger partial charge on any atom is 0.217 e. The minimum atomic E-state index is 0.698. The van der Waals surface area contributed by atoms with Gasteiger partial charge in [-0.3, -0.25) is 0 Å². The third-order valence-corrected chi connectivity index (χ3v) is 4.03. The summed E-state index contributed by atoms with van der Waals surface area (Å²) in [5.41, 5.74) is 2.46. The molecule has 2 aromatic heterocycles. The lowest BCUT2D eigenvalue weighted by atomic mass is 10.2. The molecule has 2 heterocycles. The summed E-state index contributed by atoms with van der Waals surface area (Å²) in [7, 11) is 1.65. The molecular formula is C14H18N2OS. The molecule has 0 aliphatic rings. The van der Waals surface area contributed by atoms with E-state index in [-0.39, 0.29) is 0 Å². The topological polar surface area (TPSA) is 34.1 Å². The zero-order chi connectivity index (χ0) is 13.0. The van der Waals surface area contributed by atoms with Crippen molar-refractivity contribution < 1.29 is 4.74 Å². The molecule has 0 amide bonds. The fraction of sp³-hybridized carbons (Fsp3) is 0.357. The minimum Gasteiger partial charge on any atom is -0.481 e. The Morgan fingerprint density at radius 2 is 2.17 bits per heavy atom. The molecule has 4 heteroatoms. The van der Waals surface area contributed by atoms with Crippen molar-refractivity contribution in [2.75, 3.05) is 7.11 Å². The number of nitrogens with zero attached hydrogens (tertiary/aromatic N) is 1. The maximum absolute atomic E-state index is 5.22. The lowest BCUT2D eigenvalue weighted by Crippen LogP contribution is -2.12. The highest BCUT2D eigenvalue weighted by molar-refractivity contribution is 7.12. The van der Waals surface area contributed by atoms with E-state index in [9.17, 15) is 0 Å². The number of pyridine rings is 1. The fourth-order valence-electron chi connectivity index (χ4n) is 1.80. The van der Waals surface area contributed by atoms with Gasteiger partial charge in [0.15, 0.2) is 0 Å². The van der Waals surface area contributed by atoms with Gasteiger partial charge in [0.05, 0.1) is 7.11 Å².